The van der Waals surface area contributed by atoms with Crippen LogP contribution >= 0.6 is 0 Å². The molecule has 6 N–H and O–H groups in total. The minimum atomic E-state index is -1.13. The Morgan fingerprint density at radius 1 is 0.897 bits per heavy atom. The van der Waals surface area contributed by atoms with Crippen molar-refractivity contribution in [2.24, 2.45) is 28.7 Å². The van der Waals surface area contributed by atoms with Gasteiger partial charge in [-0.2, -0.15) is 0 Å². The fourth-order valence-electron chi connectivity index (χ4n) is 4.62. The van der Waals surface area contributed by atoms with E-state index in [1.165, 1.54) is 76.0 Å². The van der Waals surface area contributed by atoms with Gasteiger partial charge in [-0.1, -0.05) is 39.2 Å². The van der Waals surface area contributed by atoms with E-state index in [1.54, 1.807) is 0 Å². The number of carboxylic acids is 2. The van der Waals surface area contributed by atoms with Crippen molar-refractivity contribution in [2.45, 2.75) is 77.3 Å². The van der Waals surface area contributed by atoms with E-state index in [2.05, 4.69) is 13.8 Å². The average Bonchev–Trinajstić information content (AvgIpc) is 2.69. The summed E-state index contributed by atoms with van der Waals surface area (Å²) < 4.78 is 0. The fourth-order valence-corrected chi connectivity index (χ4v) is 4.62. The summed E-state index contributed by atoms with van der Waals surface area (Å²) in [5.74, 6) is -1.13. The number of benzene rings is 1. The van der Waals surface area contributed by atoms with Gasteiger partial charge in [-0.05, 0) is 74.0 Å². The Labute approximate surface area is 173 Å². The van der Waals surface area contributed by atoms with Crippen LogP contribution in [0, 0.1) is 17.3 Å². The molecule has 3 rings (SSSR count). The molecule has 1 aromatic carbocycles. The topological polar surface area (TPSA) is 127 Å². The number of hydrogen-bond acceptors (Lipinski definition) is 4. The fraction of sp³-hybridized carbons (Fsp3) is 0.652. The number of carboxylic acid groups (broad SMARTS) is 2. The molecule has 0 bridgehead atoms. The minimum Gasteiger partial charge on any atom is -0.478 e. The van der Waals surface area contributed by atoms with E-state index < -0.39 is 17.6 Å². The third kappa shape index (κ3) is 6.54. The van der Waals surface area contributed by atoms with Crippen molar-refractivity contribution in [2.75, 3.05) is 0 Å². The van der Waals surface area contributed by atoms with Gasteiger partial charge in [-0.3, -0.25) is 0 Å². The summed E-state index contributed by atoms with van der Waals surface area (Å²) >= 11 is 0. The largest absolute Gasteiger partial charge is 0.478 e. The third-order valence-electron chi connectivity index (χ3n) is 6.72. The molecule has 2 aliphatic carbocycles. The molecule has 2 fully saturated rings. The zero-order valence-electron chi connectivity index (χ0n) is 17.7. The molecule has 0 aliphatic heterocycles. The highest BCUT2D eigenvalue weighted by Gasteiger charge is 2.41. The summed E-state index contributed by atoms with van der Waals surface area (Å²) in [6, 6.07) is 5.20. The molecular formula is C23H36N2O4. The van der Waals surface area contributed by atoms with Crippen LogP contribution in [0.3, 0.4) is 0 Å². The Bertz CT molecular complexity index is 669. The van der Waals surface area contributed by atoms with Gasteiger partial charge in [0.05, 0.1) is 16.8 Å². The van der Waals surface area contributed by atoms with Crippen LogP contribution in [0.2, 0.25) is 0 Å². The zero-order chi connectivity index (χ0) is 21.7. The molecule has 0 saturated heterocycles. The van der Waals surface area contributed by atoms with Crippen LogP contribution < -0.4 is 11.5 Å². The lowest BCUT2D eigenvalue weighted by molar-refractivity contribution is 0.0696. The first-order valence-electron chi connectivity index (χ1n) is 10.7. The van der Waals surface area contributed by atoms with E-state index >= 15 is 0 Å². The maximum atomic E-state index is 10.4. The first-order chi connectivity index (χ1) is 13.5. The van der Waals surface area contributed by atoms with Crippen molar-refractivity contribution < 1.29 is 19.8 Å². The van der Waals surface area contributed by atoms with Crippen LogP contribution in [0.25, 0.3) is 0 Å². The standard InChI is InChI=1S/C15H30N2.C8H6O4/c1-14(2)10-8-13(9-11-14)15(16,17)12-6-4-3-5-7-12;9-7(10)5-2-1-3-6(4-5)8(11)12/h12-13H,3-11,16-17H2,1-2H3;1-4H,(H,9,10)(H,11,12). The summed E-state index contributed by atoms with van der Waals surface area (Å²) in [6.07, 6.45) is 11.6. The van der Waals surface area contributed by atoms with Gasteiger partial charge in [0, 0.05) is 0 Å². The predicted octanol–water partition coefficient (Wildman–Crippen LogP) is 4.48. The average molecular weight is 405 g/mol. The van der Waals surface area contributed by atoms with Crippen molar-refractivity contribution in [3.05, 3.63) is 35.4 Å². The van der Waals surface area contributed by atoms with E-state index in [4.69, 9.17) is 21.7 Å². The van der Waals surface area contributed by atoms with Crippen molar-refractivity contribution >= 4 is 11.9 Å². The molecule has 0 spiro atoms. The maximum absolute atomic E-state index is 10.4. The van der Waals surface area contributed by atoms with Crippen LogP contribution in [-0.2, 0) is 0 Å². The Morgan fingerprint density at radius 2 is 1.34 bits per heavy atom. The van der Waals surface area contributed by atoms with E-state index in [-0.39, 0.29) is 11.1 Å². The molecule has 2 aliphatic rings. The molecule has 2 saturated carbocycles. The highest BCUT2D eigenvalue weighted by Crippen LogP contribution is 2.44. The second-order valence-electron chi connectivity index (χ2n) is 9.46. The minimum absolute atomic E-state index is 0.0186. The lowest BCUT2D eigenvalue weighted by Crippen LogP contribution is -2.62. The molecule has 6 heteroatoms. The van der Waals surface area contributed by atoms with Crippen LogP contribution in [0.4, 0.5) is 0 Å². The van der Waals surface area contributed by atoms with Gasteiger partial charge in [-0.15, -0.1) is 0 Å². The second-order valence-corrected chi connectivity index (χ2v) is 9.46. The Hall–Kier alpha value is -1.92. The van der Waals surface area contributed by atoms with E-state index in [0.29, 0.717) is 17.3 Å². The van der Waals surface area contributed by atoms with E-state index in [0.717, 1.165) is 6.07 Å². The van der Waals surface area contributed by atoms with Crippen molar-refractivity contribution in [3.8, 4) is 0 Å². The summed E-state index contributed by atoms with van der Waals surface area (Å²) in [5, 5.41) is 17.0. The first kappa shape index (κ1) is 23.4. The van der Waals surface area contributed by atoms with E-state index in [1.807, 2.05) is 0 Å². The van der Waals surface area contributed by atoms with Crippen LogP contribution in [-0.4, -0.2) is 27.8 Å². The number of nitrogens with two attached hydrogens (primary N) is 2. The lowest BCUT2D eigenvalue weighted by atomic mass is 9.65. The van der Waals surface area contributed by atoms with Crippen molar-refractivity contribution in [1.29, 1.82) is 0 Å². The smallest absolute Gasteiger partial charge is 0.335 e. The summed E-state index contributed by atoms with van der Waals surface area (Å²) in [6.45, 7) is 4.75. The van der Waals surface area contributed by atoms with Gasteiger partial charge in [-0.25, -0.2) is 9.59 Å². The van der Waals surface area contributed by atoms with Crippen LogP contribution in [0.1, 0.15) is 92.4 Å². The van der Waals surface area contributed by atoms with E-state index in [9.17, 15) is 9.59 Å². The summed E-state index contributed by atoms with van der Waals surface area (Å²) in [4.78, 5) is 20.8. The summed E-state index contributed by atoms with van der Waals surface area (Å²) in [7, 11) is 0. The van der Waals surface area contributed by atoms with Crippen LogP contribution in [0.5, 0.6) is 0 Å². The lowest BCUT2D eigenvalue weighted by Gasteiger charge is -2.46. The number of carbonyl (C=O) groups is 2. The highest BCUT2D eigenvalue weighted by molar-refractivity contribution is 5.93. The predicted molar refractivity (Wildman–Crippen MR) is 114 cm³/mol. The molecular weight excluding hydrogens is 368 g/mol. The number of hydrogen-bond donors (Lipinski definition) is 4. The molecule has 162 valence electrons. The number of aromatic carboxylic acids is 2. The quantitative estimate of drug-likeness (QED) is 0.548. The van der Waals surface area contributed by atoms with Gasteiger partial charge < -0.3 is 21.7 Å². The molecule has 0 heterocycles. The van der Waals surface area contributed by atoms with Gasteiger partial charge in [0.25, 0.3) is 0 Å². The van der Waals surface area contributed by atoms with Crippen molar-refractivity contribution in [3.63, 3.8) is 0 Å². The molecule has 1 aromatic rings. The van der Waals surface area contributed by atoms with Crippen LogP contribution in [0.15, 0.2) is 24.3 Å². The Balaban J connectivity index is 0.000000221. The SMILES string of the molecule is CC1(C)CCC(C(N)(N)C2CCCCC2)CC1.O=C(O)c1cccc(C(=O)O)c1. The zero-order valence-corrected chi connectivity index (χ0v) is 17.7. The maximum Gasteiger partial charge on any atom is 0.335 e. The first-order valence-corrected chi connectivity index (χ1v) is 10.7. The molecule has 6 nitrogen and oxygen atoms in total. The van der Waals surface area contributed by atoms with Gasteiger partial charge >= 0.3 is 11.9 Å². The molecule has 0 radical (unpaired) electrons. The molecule has 0 aromatic heterocycles. The second kappa shape index (κ2) is 9.72. The van der Waals surface area contributed by atoms with Gasteiger partial charge in [0.1, 0.15) is 0 Å². The van der Waals surface area contributed by atoms with Gasteiger partial charge in [0.15, 0.2) is 0 Å². The monoisotopic (exact) mass is 404 g/mol. The molecule has 0 atom stereocenters. The normalized spacial score (nSPS) is 20.4. The molecule has 29 heavy (non-hydrogen) atoms. The van der Waals surface area contributed by atoms with Crippen molar-refractivity contribution in [1.82, 2.24) is 0 Å². The highest BCUT2D eigenvalue weighted by atomic mass is 16.4. The molecule has 0 unspecified atom stereocenters. The number of rotatable bonds is 4. The Kier molecular flexibility index (Phi) is 7.83. The Morgan fingerprint density at radius 3 is 1.79 bits per heavy atom. The third-order valence-corrected chi connectivity index (χ3v) is 6.72. The molecule has 0 amide bonds. The summed E-state index contributed by atoms with van der Waals surface area (Å²) in [5.41, 5.74) is 13.1. The van der Waals surface area contributed by atoms with Gasteiger partial charge in [0.2, 0.25) is 0 Å².